The Morgan fingerprint density at radius 3 is 2.50 bits per heavy atom. The summed E-state index contributed by atoms with van der Waals surface area (Å²) in [5.74, 6) is 0. The van der Waals surface area contributed by atoms with E-state index < -0.39 is 12.2 Å². The minimum atomic E-state index is -4.25. The van der Waals surface area contributed by atoms with E-state index in [1.54, 1.807) is 30.3 Å². The molecule has 1 atom stereocenters. The minimum absolute atomic E-state index is 0.352. The Hall–Kier alpha value is -1.23. The Bertz CT molecular complexity index is 337. The average molecular weight is 229 g/mol. The van der Waals surface area contributed by atoms with E-state index in [1.165, 1.54) is 4.90 Å². The first kappa shape index (κ1) is 11.3. The van der Waals surface area contributed by atoms with Crippen molar-refractivity contribution in [3.05, 3.63) is 36.9 Å². The summed E-state index contributed by atoms with van der Waals surface area (Å²) >= 11 is 0. The number of piperazine rings is 1. The SMILES string of the molecule is FC(F)(F)C1[CH]NCCN1c1ccccc1. The molecule has 16 heavy (non-hydrogen) atoms. The Balaban J connectivity index is 2.24. The van der Waals surface area contributed by atoms with Crippen LogP contribution in [-0.2, 0) is 0 Å². The summed E-state index contributed by atoms with van der Waals surface area (Å²) < 4.78 is 38.3. The summed E-state index contributed by atoms with van der Waals surface area (Å²) in [4.78, 5) is 1.36. The number of nitrogens with zero attached hydrogens (tertiary/aromatic N) is 1. The lowest BCUT2D eigenvalue weighted by Crippen LogP contribution is -2.55. The quantitative estimate of drug-likeness (QED) is 0.794. The van der Waals surface area contributed by atoms with Gasteiger partial charge < -0.3 is 10.2 Å². The maximum absolute atomic E-state index is 12.8. The molecule has 1 heterocycles. The van der Waals surface area contributed by atoms with Gasteiger partial charge in [-0.05, 0) is 12.1 Å². The molecule has 0 aliphatic carbocycles. The van der Waals surface area contributed by atoms with Gasteiger partial charge in [0.05, 0.1) is 6.54 Å². The number of nitrogens with one attached hydrogen (secondary N) is 1. The van der Waals surface area contributed by atoms with Crippen LogP contribution in [0, 0.1) is 6.54 Å². The van der Waals surface area contributed by atoms with Gasteiger partial charge in [-0.3, -0.25) is 0 Å². The number of rotatable bonds is 1. The highest BCUT2D eigenvalue weighted by Gasteiger charge is 2.45. The Kier molecular flexibility index (Phi) is 3.05. The van der Waals surface area contributed by atoms with Crippen LogP contribution in [-0.4, -0.2) is 25.3 Å². The van der Waals surface area contributed by atoms with Gasteiger partial charge in [0.1, 0.15) is 6.04 Å². The van der Waals surface area contributed by atoms with Gasteiger partial charge in [-0.2, -0.15) is 13.2 Å². The third kappa shape index (κ3) is 2.29. The number of hydrogen-bond acceptors (Lipinski definition) is 2. The van der Waals surface area contributed by atoms with Crippen LogP contribution in [0.1, 0.15) is 0 Å². The van der Waals surface area contributed by atoms with Crippen molar-refractivity contribution in [2.24, 2.45) is 0 Å². The average Bonchev–Trinajstić information content (AvgIpc) is 2.29. The van der Waals surface area contributed by atoms with Crippen LogP contribution in [0.5, 0.6) is 0 Å². The van der Waals surface area contributed by atoms with Crippen LogP contribution in [0.3, 0.4) is 0 Å². The van der Waals surface area contributed by atoms with E-state index in [2.05, 4.69) is 5.32 Å². The predicted octanol–water partition coefficient (Wildman–Crippen LogP) is 2.19. The number of alkyl halides is 3. The third-order valence-corrected chi connectivity index (χ3v) is 2.53. The van der Waals surface area contributed by atoms with E-state index in [-0.39, 0.29) is 0 Å². The zero-order valence-electron chi connectivity index (χ0n) is 8.54. The van der Waals surface area contributed by atoms with Gasteiger partial charge in [-0.1, -0.05) is 18.2 Å². The van der Waals surface area contributed by atoms with E-state index in [9.17, 15) is 13.2 Å². The summed E-state index contributed by atoms with van der Waals surface area (Å²) in [7, 11) is 0. The maximum atomic E-state index is 12.8. The number of halogens is 3. The molecule has 2 rings (SSSR count). The lowest BCUT2D eigenvalue weighted by molar-refractivity contribution is -0.144. The van der Waals surface area contributed by atoms with E-state index in [0.717, 1.165) is 6.54 Å². The van der Waals surface area contributed by atoms with Gasteiger partial charge in [0.15, 0.2) is 0 Å². The molecular formula is C11H12F3N2. The Morgan fingerprint density at radius 1 is 1.19 bits per heavy atom. The molecular weight excluding hydrogens is 217 g/mol. The van der Waals surface area contributed by atoms with Crippen molar-refractivity contribution in [2.45, 2.75) is 12.2 Å². The molecule has 1 aliphatic rings. The zero-order valence-corrected chi connectivity index (χ0v) is 8.54. The molecule has 2 nitrogen and oxygen atoms in total. The van der Waals surface area contributed by atoms with Gasteiger partial charge in [0.25, 0.3) is 0 Å². The first-order valence-corrected chi connectivity index (χ1v) is 5.04. The zero-order chi connectivity index (χ0) is 11.6. The van der Waals surface area contributed by atoms with Crippen LogP contribution in [0.25, 0.3) is 0 Å². The molecule has 0 amide bonds. The fourth-order valence-electron chi connectivity index (χ4n) is 1.79. The van der Waals surface area contributed by atoms with Crippen molar-refractivity contribution < 1.29 is 13.2 Å². The Labute approximate surface area is 92.1 Å². The molecule has 0 saturated carbocycles. The van der Waals surface area contributed by atoms with E-state index in [0.29, 0.717) is 18.8 Å². The van der Waals surface area contributed by atoms with Crippen molar-refractivity contribution in [1.82, 2.24) is 5.32 Å². The van der Waals surface area contributed by atoms with Crippen LogP contribution >= 0.6 is 0 Å². The molecule has 1 unspecified atom stereocenters. The maximum Gasteiger partial charge on any atom is 0.410 e. The van der Waals surface area contributed by atoms with Crippen molar-refractivity contribution in [3.63, 3.8) is 0 Å². The van der Waals surface area contributed by atoms with E-state index in [4.69, 9.17) is 0 Å². The normalized spacial score (nSPS) is 22.2. The Morgan fingerprint density at radius 2 is 1.88 bits per heavy atom. The summed E-state index contributed by atoms with van der Waals surface area (Å²) in [6.07, 6.45) is -4.25. The molecule has 87 valence electrons. The molecule has 1 aliphatic heterocycles. The summed E-state index contributed by atoms with van der Waals surface area (Å²) in [6, 6.07) is 7.10. The molecule has 1 N–H and O–H groups in total. The molecule has 1 aromatic rings. The topological polar surface area (TPSA) is 15.3 Å². The number of hydrogen-bond donors (Lipinski definition) is 1. The molecule has 5 heteroatoms. The predicted molar refractivity (Wildman–Crippen MR) is 55.9 cm³/mol. The number of anilines is 1. The van der Waals surface area contributed by atoms with Crippen LogP contribution in [0.4, 0.5) is 18.9 Å². The lowest BCUT2D eigenvalue weighted by atomic mass is 10.1. The van der Waals surface area contributed by atoms with Gasteiger partial charge in [0, 0.05) is 18.8 Å². The van der Waals surface area contributed by atoms with Crippen molar-refractivity contribution in [3.8, 4) is 0 Å². The molecule has 1 saturated heterocycles. The van der Waals surface area contributed by atoms with Crippen LogP contribution < -0.4 is 10.2 Å². The second-order valence-corrected chi connectivity index (χ2v) is 3.64. The summed E-state index contributed by atoms with van der Waals surface area (Å²) in [6.45, 7) is 1.99. The summed E-state index contributed by atoms with van der Waals surface area (Å²) in [5, 5.41) is 2.65. The van der Waals surface area contributed by atoms with Gasteiger partial charge >= 0.3 is 6.18 Å². The van der Waals surface area contributed by atoms with E-state index in [1.807, 2.05) is 0 Å². The van der Waals surface area contributed by atoms with Crippen LogP contribution in [0.15, 0.2) is 30.3 Å². The van der Waals surface area contributed by atoms with Crippen LogP contribution in [0.2, 0.25) is 0 Å². The second kappa shape index (κ2) is 4.33. The first-order chi connectivity index (χ1) is 7.59. The molecule has 1 fully saturated rings. The molecule has 0 bridgehead atoms. The third-order valence-electron chi connectivity index (χ3n) is 2.53. The second-order valence-electron chi connectivity index (χ2n) is 3.64. The van der Waals surface area contributed by atoms with Crippen molar-refractivity contribution in [1.29, 1.82) is 0 Å². The highest BCUT2D eigenvalue weighted by Crippen LogP contribution is 2.30. The van der Waals surface area contributed by atoms with Gasteiger partial charge in [-0.25, -0.2) is 0 Å². The highest BCUT2D eigenvalue weighted by atomic mass is 19.4. The minimum Gasteiger partial charge on any atom is -0.357 e. The smallest absolute Gasteiger partial charge is 0.357 e. The van der Waals surface area contributed by atoms with Crippen molar-refractivity contribution in [2.75, 3.05) is 18.0 Å². The standard InChI is InChI=1S/C11H12F3N2/c12-11(13,14)10-8-15-6-7-16(10)9-4-2-1-3-5-9/h1-5,8,10,15H,6-7H2. The fourth-order valence-corrected chi connectivity index (χ4v) is 1.79. The number of benzene rings is 1. The summed E-state index contributed by atoms with van der Waals surface area (Å²) in [5.41, 5.74) is 0.600. The molecule has 1 aromatic carbocycles. The molecule has 1 radical (unpaired) electrons. The first-order valence-electron chi connectivity index (χ1n) is 5.04. The molecule has 0 spiro atoms. The fraction of sp³-hybridized carbons (Fsp3) is 0.364. The van der Waals surface area contributed by atoms with Gasteiger partial charge in [0.2, 0.25) is 0 Å². The number of para-hydroxylation sites is 1. The van der Waals surface area contributed by atoms with Gasteiger partial charge in [-0.15, -0.1) is 0 Å². The lowest BCUT2D eigenvalue weighted by Gasteiger charge is -2.38. The monoisotopic (exact) mass is 229 g/mol. The largest absolute Gasteiger partial charge is 0.410 e. The molecule has 0 aromatic heterocycles. The highest BCUT2D eigenvalue weighted by molar-refractivity contribution is 5.48. The van der Waals surface area contributed by atoms with Crippen molar-refractivity contribution >= 4 is 5.69 Å². The van der Waals surface area contributed by atoms with E-state index >= 15 is 0 Å².